The lowest BCUT2D eigenvalue weighted by atomic mass is 10.1. The predicted molar refractivity (Wildman–Crippen MR) is 78.5 cm³/mol. The normalized spacial score (nSPS) is 12.6. The average Bonchev–Trinajstić information content (AvgIpc) is 2.38. The third-order valence-electron chi connectivity index (χ3n) is 2.91. The highest BCUT2D eigenvalue weighted by atomic mass is 79.9. The van der Waals surface area contributed by atoms with Gasteiger partial charge >= 0.3 is 0 Å². The highest BCUT2D eigenvalue weighted by Crippen LogP contribution is 2.28. The molecule has 2 aromatic rings. The molecule has 0 amide bonds. The lowest BCUT2D eigenvalue weighted by Gasteiger charge is -2.12. The van der Waals surface area contributed by atoms with E-state index in [9.17, 15) is 5.11 Å². The van der Waals surface area contributed by atoms with Gasteiger partial charge in [-0.25, -0.2) is 4.98 Å². The number of allylic oxidation sites excluding steroid dienone is 1. The van der Waals surface area contributed by atoms with Crippen LogP contribution in [0.15, 0.2) is 47.5 Å². The molecule has 0 aliphatic rings. The van der Waals surface area contributed by atoms with Crippen molar-refractivity contribution in [2.24, 2.45) is 0 Å². The Bertz CT molecular complexity index is 553. The van der Waals surface area contributed by atoms with Crippen LogP contribution in [0.4, 0.5) is 0 Å². The van der Waals surface area contributed by atoms with E-state index >= 15 is 0 Å². The number of benzene rings is 1. The first-order chi connectivity index (χ1) is 8.72. The molecule has 0 spiro atoms. The van der Waals surface area contributed by atoms with Gasteiger partial charge in [0.1, 0.15) is 0 Å². The fourth-order valence-corrected chi connectivity index (χ4v) is 2.53. The Morgan fingerprint density at radius 1 is 1.39 bits per heavy atom. The Morgan fingerprint density at radius 3 is 2.94 bits per heavy atom. The van der Waals surface area contributed by atoms with Crippen LogP contribution in [0.1, 0.15) is 31.1 Å². The first-order valence-electron chi connectivity index (χ1n) is 6.06. The summed E-state index contributed by atoms with van der Waals surface area (Å²) in [6.07, 6.45) is 3.89. The van der Waals surface area contributed by atoms with Crippen molar-refractivity contribution < 1.29 is 5.11 Å². The summed E-state index contributed by atoms with van der Waals surface area (Å²) < 4.78 is 0.868. The Labute approximate surface area is 115 Å². The largest absolute Gasteiger partial charge is 0.387 e. The standard InChI is InChI=1S/C15H16BrNO/c1-2-3-4-9-14(18)15-12(16)10-11-7-5-6-8-13(11)17-15/h2,5-8,10,14,18H,1,3-4,9H2. The third-order valence-corrected chi connectivity index (χ3v) is 3.54. The van der Waals surface area contributed by atoms with E-state index in [0.717, 1.165) is 33.9 Å². The van der Waals surface area contributed by atoms with Gasteiger partial charge in [0, 0.05) is 9.86 Å². The first kappa shape index (κ1) is 13.2. The van der Waals surface area contributed by atoms with Gasteiger partial charge < -0.3 is 5.11 Å². The second kappa shape index (κ2) is 6.12. The van der Waals surface area contributed by atoms with Crippen LogP contribution in [0.25, 0.3) is 10.9 Å². The van der Waals surface area contributed by atoms with Crippen LogP contribution in [-0.4, -0.2) is 10.1 Å². The third kappa shape index (κ3) is 2.98. The molecule has 1 aromatic carbocycles. The summed E-state index contributed by atoms with van der Waals surface area (Å²) in [7, 11) is 0. The quantitative estimate of drug-likeness (QED) is 0.656. The number of rotatable bonds is 5. The molecule has 0 radical (unpaired) electrons. The van der Waals surface area contributed by atoms with Crippen LogP contribution in [0.3, 0.4) is 0 Å². The van der Waals surface area contributed by atoms with E-state index < -0.39 is 6.10 Å². The zero-order valence-corrected chi connectivity index (χ0v) is 11.7. The van der Waals surface area contributed by atoms with E-state index in [4.69, 9.17) is 0 Å². The Hall–Kier alpha value is -1.19. The van der Waals surface area contributed by atoms with Crippen molar-refractivity contribution >= 4 is 26.8 Å². The van der Waals surface area contributed by atoms with Crippen LogP contribution < -0.4 is 0 Å². The summed E-state index contributed by atoms with van der Waals surface area (Å²) in [4.78, 5) is 4.53. The van der Waals surface area contributed by atoms with Crippen LogP contribution in [0.2, 0.25) is 0 Å². The highest BCUT2D eigenvalue weighted by molar-refractivity contribution is 9.10. The lowest BCUT2D eigenvalue weighted by molar-refractivity contribution is 0.160. The van der Waals surface area contributed by atoms with Gasteiger partial charge in [-0.15, -0.1) is 6.58 Å². The molecule has 1 unspecified atom stereocenters. The van der Waals surface area contributed by atoms with Gasteiger partial charge in [-0.2, -0.15) is 0 Å². The summed E-state index contributed by atoms with van der Waals surface area (Å²) in [5.41, 5.74) is 1.64. The summed E-state index contributed by atoms with van der Waals surface area (Å²) in [5.74, 6) is 0. The van der Waals surface area contributed by atoms with Crippen LogP contribution >= 0.6 is 15.9 Å². The number of fused-ring (bicyclic) bond motifs is 1. The van der Waals surface area contributed by atoms with Crippen molar-refractivity contribution in [3.8, 4) is 0 Å². The number of nitrogens with zero attached hydrogens (tertiary/aromatic N) is 1. The minimum absolute atomic E-state index is 0.524. The van der Waals surface area contributed by atoms with Crippen LogP contribution in [-0.2, 0) is 0 Å². The van der Waals surface area contributed by atoms with Crippen molar-refractivity contribution in [3.05, 3.63) is 53.2 Å². The molecule has 0 saturated heterocycles. The molecule has 1 aromatic heterocycles. The van der Waals surface area contributed by atoms with Crippen molar-refractivity contribution in [3.63, 3.8) is 0 Å². The van der Waals surface area contributed by atoms with Gasteiger partial charge in [-0.1, -0.05) is 24.3 Å². The summed E-state index contributed by atoms with van der Waals surface area (Å²) in [6.45, 7) is 3.68. The van der Waals surface area contributed by atoms with Crippen LogP contribution in [0.5, 0.6) is 0 Å². The molecule has 2 nitrogen and oxygen atoms in total. The second-order valence-electron chi connectivity index (χ2n) is 4.28. The number of aliphatic hydroxyl groups excluding tert-OH is 1. The molecule has 3 heteroatoms. The molecule has 0 aliphatic carbocycles. The first-order valence-corrected chi connectivity index (χ1v) is 6.86. The number of aliphatic hydroxyl groups is 1. The maximum Gasteiger partial charge on any atom is 0.0971 e. The molecular weight excluding hydrogens is 290 g/mol. The van der Waals surface area contributed by atoms with E-state index in [2.05, 4.69) is 27.5 Å². The number of pyridine rings is 1. The monoisotopic (exact) mass is 305 g/mol. The molecule has 0 aliphatic heterocycles. The van der Waals surface area contributed by atoms with Gasteiger partial charge in [0.05, 0.1) is 17.3 Å². The zero-order chi connectivity index (χ0) is 13.0. The predicted octanol–water partition coefficient (Wildman–Crippen LogP) is 4.39. The van der Waals surface area contributed by atoms with Gasteiger partial charge in [-0.3, -0.25) is 0 Å². The minimum atomic E-state index is -0.524. The number of aromatic nitrogens is 1. The average molecular weight is 306 g/mol. The van der Waals surface area contributed by atoms with Crippen molar-refractivity contribution in [2.45, 2.75) is 25.4 Å². The molecule has 1 N–H and O–H groups in total. The van der Waals surface area contributed by atoms with E-state index in [0.29, 0.717) is 6.42 Å². The fraction of sp³-hybridized carbons (Fsp3) is 0.267. The number of halogens is 1. The van der Waals surface area contributed by atoms with Crippen molar-refractivity contribution in [1.29, 1.82) is 0 Å². The smallest absolute Gasteiger partial charge is 0.0971 e. The van der Waals surface area contributed by atoms with Crippen molar-refractivity contribution in [1.82, 2.24) is 4.98 Å². The Balaban J connectivity index is 2.26. The highest BCUT2D eigenvalue weighted by Gasteiger charge is 2.13. The number of unbranched alkanes of at least 4 members (excludes halogenated alkanes) is 1. The summed E-state index contributed by atoms with van der Waals surface area (Å²) >= 11 is 3.48. The topological polar surface area (TPSA) is 33.1 Å². The fourth-order valence-electron chi connectivity index (χ4n) is 1.93. The van der Waals surface area contributed by atoms with E-state index in [1.54, 1.807) is 0 Å². The molecule has 0 bridgehead atoms. The molecule has 2 rings (SSSR count). The maximum absolute atomic E-state index is 10.2. The maximum atomic E-state index is 10.2. The van der Waals surface area contributed by atoms with Gasteiger partial charge in [0.25, 0.3) is 0 Å². The number of para-hydroxylation sites is 1. The van der Waals surface area contributed by atoms with Gasteiger partial charge in [-0.05, 0) is 47.3 Å². The number of hydrogen-bond donors (Lipinski definition) is 1. The number of hydrogen-bond acceptors (Lipinski definition) is 2. The summed E-state index contributed by atoms with van der Waals surface area (Å²) in [6, 6.07) is 9.92. The van der Waals surface area contributed by atoms with E-state index in [-0.39, 0.29) is 0 Å². The molecule has 94 valence electrons. The second-order valence-corrected chi connectivity index (χ2v) is 5.14. The zero-order valence-electron chi connectivity index (χ0n) is 10.1. The van der Waals surface area contributed by atoms with Gasteiger partial charge in [0.15, 0.2) is 0 Å². The Kier molecular flexibility index (Phi) is 4.50. The van der Waals surface area contributed by atoms with Crippen LogP contribution in [0, 0.1) is 0 Å². The molecule has 1 atom stereocenters. The molecule has 0 fully saturated rings. The molecule has 1 heterocycles. The van der Waals surface area contributed by atoms with E-state index in [1.807, 2.05) is 36.4 Å². The minimum Gasteiger partial charge on any atom is -0.387 e. The SMILES string of the molecule is C=CCCCC(O)c1nc2ccccc2cc1Br. The lowest BCUT2D eigenvalue weighted by Crippen LogP contribution is -2.02. The Morgan fingerprint density at radius 2 is 2.17 bits per heavy atom. The van der Waals surface area contributed by atoms with Gasteiger partial charge in [0.2, 0.25) is 0 Å². The van der Waals surface area contributed by atoms with Crippen molar-refractivity contribution in [2.75, 3.05) is 0 Å². The molecular formula is C15H16BrNO. The summed E-state index contributed by atoms with van der Waals surface area (Å²) in [5, 5.41) is 11.2. The van der Waals surface area contributed by atoms with E-state index in [1.165, 1.54) is 0 Å². The molecule has 0 saturated carbocycles. The molecule has 18 heavy (non-hydrogen) atoms.